The molecule has 0 saturated carbocycles. The van der Waals surface area contributed by atoms with Gasteiger partial charge in [-0.2, -0.15) is 0 Å². The second-order valence-electron chi connectivity index (χ2n) is 4.18. The average Bonchev–Trinajstić information content (AvgIpc) is 2.18. The van der Waals surface area contributed by atoms with Crippen LogP contribution in [0.3, 0.4) is 0 Å². The van der Waals surface area contributed by atoms with Crippen LogP contribution in [0.25, 0.3) is 0 Å². The second kappa shape index (κ2) is 8.14. The first-order valence-corrected chi connectivity index (χ1v) is 6.78. The van der Waals surface area contributed by atoms with E-state index < -0.39 is 10.3 Å². The minimum atomic E-state index is -0.699. The number of hydrogen-bond donors (Lipinski definition) is 1. The van der Waals surface area contributed by atoms with Gasteiger partial charge in [0, 0.05) is 0 Å². The normalized spacial score (nSPS) is 11.7. The summed E-state index contributed by atoms with van der Waals surface area (Å²) in [5.41, 5.74) is 0. The fraction of sp³-hybridized carbons (Fsp3) is 0.917. The van der Waals surface area contributed by atoms with Crippen LogP contribution in [0.4, 0.5) is 0 Å². The summed E-state index contributed by atoms with van der Waals surface area (Å²) < 4.78 is -0.669. The number of hydrogen-bond acceptors (Lipinski definition) is 1. The smallest absolute Gasteiger partial charge is 0.320 e. The first kappa shape index (κ1) is 14.9. The van der Waals surface area contributed by atoms with Crippen LogP contribution in [0.2, 0.25) is 0 Å². The van der Waals surface area contributed by atoms with E-state index in [0.29, 0.717) is 0 Å². The van der Waals surface area contributed by atoms with Crippen molar-refractivity contribution in [2.75, 3.05) is 0 Å². The van der Waals surface area contributed by atoms with Gasteiger partial charge in [0.25, 0.3) is 0 Å². The van der Waals surface area contributed by atoms with Gasteiger partial charge in [0.05, 0.1) is 0 Å². The van der Waals surface area contributed by atoms with Crippen LogP contribution in [0, 0.1) is 0 Å². The Morgan fingerprint density at radius 1 is 1.07 bits per heavy atom. The summed E-state index contributed by atoms with van der Waals surface area (Å²) in [4.78, 5) is 11.2. The highest BCUT2D eigenvalue weighted by Gasteiger charge is 2.33. The van der Waals surface area contributed by atoms with E-state index in [9.17, 15) is 9.90 Å². The molecule has 90 valence electrons. The predicted molar refractivity (Wildman–Crippen MR) is 67.6 cm³/mol. The van der Waals surface area contributed by atoms with Gasteiger partial charge in [-0.15, -0.1) is 0 Å². The standard InChI is InChI=1S/C12H23BrO2/c1-3-5-7-9-12(13,11(14)15)10-8-6-4-2/h3-10H2,1-2H3,(H,14,15). The first-order valence-electron chi connectivity index (χ1n) is 5.99. The molecule has 0 radical (unpaired) electrons. The molecule has 0 aromatic rings. The molecule has 1 N–H and O–H groups in total. The first-order chi connectivity index (χ1) is 7.06. The number of carbonyl (C=O) groups is 1. The maximum absolute atomic E-state index is 11.2. The number of carboxylic acid groups (broad SMARTS) is 1. The Labute approximate surface area is 102 Å². The number of unbranched alkanes of at least 4 members (excludes halogenated alkanes) is 4. The van der Waals surface area contributed by atoms with E-state index in [4.69, 9.17) is 0 Å². The van der Waals surface area contributed by atoms with Crippen molar-refractivity contribution in [3.63, 3.8) is 0 Å². The summed E-state index contributed by atoms with van der Waals surface area (Å²) in [5.74, 6) is -0.699. The zero-order chi connectivity index (χ0) is 11.7. The molecule has 0 aromatic carbocycles. The molecule has 0 bridgehead atoms. The molecule has 0 saturated heterocycles. The van der Waals surface area contributed by atoms with Crippen molar-refractivity contribution in [1.82, 2.24) is 0 Å². The Bertz CT molecular complexity index is 170. The lowest BCUT2D eigenvalue weighted by atomic mass is 9.95. The fourth-order valence-corrected chi connectivity index (χ4v) is 2.21. The summed E-state index contributed by atoms with van der Waals surface area (Å²) in [6.07, 6.45) is 8.01. The van der Waals surface area contributed by atoms with Crippen molar-refractivity contribution in [1.29, 1.82) is 0 Å². The van der Waals surface area contributed by atoms with Crippen molar-refractivity contribution in [2.45, 2.75) is 69.5 Å². The third kappa shape index (κ3) is 6.18. The molecule has 0 heterocycles. The molecule has 0 fully saturated rings. The molecule has 3 heteroatoms. The fourth-order valence-electron chi connectivity index (χ4n) is 1.65. The number of rotatable bonds is 9. The number of carboxylic acids is 1. The van der Waals surface area contributed by atoms with Crippen LogP contribution in [0.5, 0.6) is 0 Å². The highest BCUT2D eigenvalue weighted by Crippen LogP contribution is 2.31. The lowest BCUT2D eigenvalue weighted by Crippen LogP contribution is -2.31. The van der Waals surface area contributed by atoms with Gasteiger partial charge in [0.1, 0.15) is 4.32 Å². The summed E-state index contributed by atoms with van der Waals surface area (Å²) in [5, 5.41) is 9.18. The molecule has 2 nitrogen and oxygen atoms in total. The van der Waals surface area contributed by atoms with Gasteiger partial charge in [0.2, 0.25) is 0 Å². The molecule has 0 atom stereocenters. The number of alkyl halides is 1. The van der Waals surface area contributed by atoms with Gasteiger partial charge in [0.15, 0.2) is 0 Å². The van der Waals surface area contributed by atoms with Crippen LogP contribution < -0.4 is 0 Å². The monoisotopic (exact) mass is 278 g/mol. The van der Waals surface area contributed by atoms with Gasteiger partial charge < -0.3 is 5.11 Å². The molecule has 0 spiro atoms. The van der Waals surface area contributed by atoms with E-state index in [-0.39, 0.29) is 0 Å². The van der Waals surface area contributed by atoms with Gasteiger partial charge in [-0.25, -0.2) is 0 Å². The molecule has 0 aliphatic heterocycles. The van der Waals surface area contributed by atoms with Crippen molar-refractivity contribution in [3.8, 4) is 0 Å². The van der Waals surface area contributed by atoms with Crippen molar-refractivity contribution in [3.05, 3.63) is 0 Å². The topological polar surface area (TPSA) is 37.3 Å². The molecule has 0 amide bonds. The average molecular weight is 279 g/mol. The third-order valence-electron chi connectivity index (χ3n) is 2.74. The van der Waals surface area contributed by atoms with Crippen LogP contribution in [0.1, 0.15) is 65.2 Å². The Morgan fingerprint density at radius 2 is 1.47 bits per heavy atom. The molecule has 0 aliphatic rings. The van der Waals surface area contributed by atoms with Crippen molar-refractivity contribution in [2.24, 2.45) is 0 Å². The van der Waals surface area contributed by atoms with Gasteiger partial charge >= 0.3 is 5.97 Å². The highest BCUT2D eigenvalue weighted by molar-refractivity contribution is 9.10. The Morgan fingerprint density at radius 3 is 1.73 bits per heavy atom. The largest absolute Gasteiger partial charge is 0.480 e. The zero-order valence-corrected chi connectivity index (χ0v) is 11.5. The second-order valence-corrected chi connectivity index (χ2v) is 5.70. The minimum absolute atomic E-state index is 0.669. The van der Waals surface area contributed by atoms with Crippen LogP contribution in [-0.2, 0) is 4.79 Å². The Hall–Kier alpha value is -0.0500. The molecular formula is C12H23BrO2. The minimum Gasteiger partial charge on any atom is -0.480 e. The van der Waals surface area contributed by atoms with Gasteiger partial charge in [-0.05, 0) is 12.8 Å². The van der Waals surface area contributed by atoms with E-state index in [2.05, 4.69) is 29.8 Å². The van der Waals surface area contributed by atoms with E-state index >= 15 is 0 Å². The molecule has 0 aliphatic carbocycles. The summed E-state index contributed by atoms with van der Waals surface area (Å²) >= 11 is 3.41. The van der Waals surface area contributed by atoms with E-state index in [1.54, 1.807) is 0 Å². The SMILES string of the molecule is CCCCCC(Br)(CCCCC)C(=O)O. The maximum atomic E-state index is 11.2. The zero-order valence-electron chi connectivity index (χ0n) is 9.89. The molecule has 0 unspecified atom stereocenters. The molecule has 15 heavy (non-hydrogen) atoms. The molecular weight excluding hydrogens is 256 g/mol. The summed E-state index contributed by atoms with van der Waals surface area (Å²) in [7, 11) is 0. The van der Waals surface area contributed by atoms with Crippen molar-refractivity contribution < 1.29 is 9.90 Å². The van der Waals surface area contributed by atoms with Crippen molar-refractivity contribution >= 4 is 21.9 Å². The Kier molecular flexibility index (Phi) is 8.12. The van der Waals surface area contributed by atoms with E-state index in [1.807, 2.05) is 0 Å². The lowest BCUT2D eigenvalue weighted by molar-refractivity contribution is -0.140. The Balaban J connectivity index is 4.01. The molecule has 0 aromatic heterocycles. The number of aliphatic carboxylic acids is 1. The van der Waals surface area contributed by atoms with Gasteiger partial charge in [-0.3, -0.25) is 4.79 Å². The quantitative estimate of drug-likeness (QED) is 0.503. The third-order valence-corrected chi connectivity index (χ3v) is 3.87. The van der Waals surface area contributed by atoms with Crippen LogP contribution in [0.15, 0.2) is 0 Å². The predicted octanol–water partition coefficient (Wildman–Crippen LogP) is 4.37. The van der Waals surface area contributed by atoms with E-state index in [1.165, 1.54) is 0 Å². The lowest BCUT2D eigenvalue weighted by Gasteiger charge is -2.22. The van der Waals surface area contributed by atoms with Gasteiger partial charge in [-0.1, -0.05) is 68.3 Å². The van der Waals surface area contributed by atoms with Crippen LogP contribution in [-0.4, -0.2) is 15.4 Å². The maximum Gasteiger partial charge on any atom is 0.320 e. The highest BCUT2D eigenvalue weighted by atomic mass is 79.9. The summed E-state index contributed by atoms with van der Waals surface area (Å²) in [6, 6.07) is 0. The molecule has 0 rings (SSSR count). The number of halogens is 1. The van der Waals surface area contributed by atoms with Crippen LogP contribution >= 0.6 is 15.9 Å². The summed E-state index contributed by atoms with van der Waals surface area (Å²) in [6.45, 7) is 4.27. The van der Waals surface area contributed by atoms with E-state index in [0.717, 1.165) is 51.4 Å².